The molecule has 6 nitrogen and oxygen atoms in total. The van der Waals surface area contributed by atoms with Gasteiger partial charge in [-0.3, -0.25) is 9.48 Å². The first-order valence-corrected chi connectivity index (χ1v) is 9.21. The minimum absolute atomic E-state index is 0.234. The normalized spacial score (nSPS) is 10.8. The number of hydrogen-bond donors (Lipinski definition) is 1. The number of nitrogens with zero attached hydrogens (tertiary/aromatic N) is 4. The molecule has 0 atom stereocenters. The van der Waals surface area contributed by atoms with Gasteiger partial charge in [-0.25, -0.2) is 9.97 Å². The van der Waals surface area contributed by atoms with E-state index in [1.54, 1.807) is 33.8 Å². The second-order valence-electron chi connectivity index (χ2n) is 5.31. The van der Waals surface area contributed by atoms with Gasteiger partial charge in [0.1, 0.15) is 15.7 Å². The molecule has 0 aliphatic carbocycles. The molecule has 4 rings (SSSR count). The number of anilines is 1. The second-order valence-corrected chi connectivity index (χ2v) is 7.07. The van der Waals surface area contributed by atoms with E-state index in [-0.39, 0.29) is 5.91 Å². The molecule has 1 amide bonds. The average Bonchev–Trinajstić information content (AvgIpc) is 3.36. The molecule has 0 saturated carbocycles. The summed E-state index contributed by atoms with van der Waals surface area (Å²) in [7, 11) is 1.85. The van der Waals surface area contributed by atoms with Crippen LogP contribution < -0.4 is 5.32 Å². The number of benzene rings is 1. The van der Waals surface area contributed by atoms with Crippen LogP contribution >= 0.6 is 22.7 Å². The van der Waals surface area contributed by atoms with Gasteiger partial charge in [-0.15, -0.1) is 22.7 Å². The van der Waals surface area contributed by atoms with E-state index in [4.69, 9.17) is 0 Å². The van der Waals surface area contributed by atoms with Crippen LogP contribution in [-0.2, 0) is 7.05 Å². The third kappa shape index (κ3) is 3.35. The van der Waals surface area contributed by atoms with Crippen LogP contribution in [0.4, 0.5) is 5.69 Å². The van der Waals surface area contributed by atoms with Crippen LogP contribution in [0.25, 0.3) is 21.1 Å². The van der Waals surface area contributed by atoms with E-state index >= 15 is 0 Å². The fraction of sp³-hybridized carbons (Fsp3) is 0.0588. The maximum absolute atomic E-state index is 12.5. The molecule has 0 unspecified atom stereocenters. The highest BCUT2D eigenvalue weighted by atomic mass is 32.1. The lowest BCUT2D eigenvalue weighted by Gasteiger charge is -2.04. The zero-order chi connectivity index (χ0) is 17.2. The number of aryl methyl sites for hydroxylation is 1. The van der Waals surface area contributed by atoms with E-state index in [1.807, 2.05) is 42.9 Å². The fourth-order valence-electron chi connectivity index (χ4n) is 2.33. The minimum Gasteiger partial charge on any atom is -0.321 e. The predicted molar refractivity (Wildman–Crippen MR) is 99.8 cm³/mol. The maximum atomic E-state index is 12.5. The molecule has 0 spiro atoms. The van der Waals surface area contributed by atoms with Crippen LogP contribution in [0.1, 0.15) is 10.5 Å². The average molecular weight is 367 g/mol. The lowest BCUT2D eigenvalue weighted by atomic mass is 10.2. The molecule has 4 aromatic rings. The molecule has 25 heavy (non-hydrogen) atoms. The van der Waals surface area contributed by atoms with E-state index in [1.165, 1.54) is 11.3 Å². The summed E-state index contributed by atoms with van der Waals surface area (Å²) < 4.78 is 1.71. The van der Waals surface area contributed by atoms with Crippen LogP contribution in [-0.4, -0.2) is 25.7 Å². The summed E-state index contributed by atoms with van der Waals surface area (Å²) in [6.45, 7) is 0. The van der Waals surface area contributed by atoms with Crippen molar-refractivity contribution in [2.24, 2.45) is 7.05 Å². The zero-order valence-corrected chi connectivity index (χ0v) is 14.8. The number of carbonyl (C=O) groups excluding carboxylic acids is 1. The molecule has 0 aliphatic rings. The largest absolute Gasteiger partial charge is 0.321 e. The lowest BCUT2D eigenvalue weighted by Crippen LogP contribution is -2.12. The highest BCUT2D eigenvalue weighted by Crippen LogP contribution is 2.26. The van der Waals surface area contributed by atoms with Gasteiger partial charge < -0.3 is 5.32 Å². The Kier molecular flexibility index (Phi) is 4.12. The number of amides is 1. The SMILES string of the molecule is Cn1cc(-c2nc(C(=O)Nc3cccc(-c4nccs4)c3)cs2)cn1. The predicted octanol–water partition coefficient (Wildman–Crippen LogP) is 3.92. The van der Waals surface area contributed by atoms with E-state index in [0.29, 0.717) is 11.4 Å². The zero-order valence-electron chi connectivity index (χ0n) is 13.2. The summed E-state index contributed by atoms with van der Waals surface area (Å²) in [5.41, 5.74) is 2.98. The molecule has 1 aromatic carbocycles. The van der Waals surface area contributed by atoms with Crippen molar-refractivity contribution in [1.29, 1.82) is 0 Å². The first-order chi connectivity index (χ1) is 12.2. The lowest BCUT2D eigenvalue weighted by molar-refractivity contribution is 0.102. The number of rotatable bonds is 4. The molecule has 0 aliphatic heterocycles. The molecule has 3 heterocycles. The molecule has 0 saturated heterocycles. The Hall–Kier alpha value is -2.84. The summed E-state index contributed by atoms with van der Waals surface area (Å²) in [5.74, 6) is -0.234. The van der Waals surface area contributed by atoms with Crippen molar-refractivity contribution in [3.05, 3.63) is 59.3 Å². The van der Waals surface area contributed by atoms with Gasteiger partial charge in [-0.2, -0.15) is 5.10 Å². The van der Waals surface area contributed by atoms with Crippen LogP contribution in [0.5, 0.6) is 0 Å². The Bertz CT molecular complexity index is 1020. The summed E-state index contributed by atoms with van der Waals surface area (Å²) >= 11 is 2.98. The molecule has 124 valence electrons. The van der Waals surface area contributed by atoms with Crippen molar-refractivity contribution >= 4 is 34.3 Å². The first kappa shape index (κ1) is 15.7. The Balaban J connectivity index is 1.53. The van der Waals surface area contributed by atoms with Gasteiger partial charge in [0.15, 0.2) is 0 Å². The van der Waals surface area contributed by atoms with Gasteiger partial charge in [0.2, 0.25) is 0 Å². The number of carbonyl (C=O) groups is 1. The summed E-state index contributed by atoms with van der Waals surface area (Å²) in [4.78, 5) is 21.2. The molecule has 0 radical (unpaired) electrons. The van der Waals surface area contributed by atoms with Crippen LogP contribution in [0, 0.1) is 0 Å². The van der Waals surface area contributed by atoms with Gasteiger partial charge in [-0.05, 0) is 12.1 Å². The molecule has 3 aromatic heterocycles. The number of nitrogens with one attached hydrogen (secondary N) is 1. The van der Waals surface area contributed by atoms with Crippen molar-refractivity contribution in [2.75, 3.05) is 5.32 Å². The first-order valence-electron chi connectivity index (χ1n) is 7.45. The van der Waals surface area contributed by atoms with E-state index in [2.05, 4.69) is 20.4 Å². The van der Waals surface area contributed by atoms with Crippen molar-refractivity contribution < 1.29 is 4.79 Å². The third-order valence-corrected chi connectivity index (χ3v) is 5.20. The molecule has 1 N–H and O–H groups in total. The van der Waals surface area contributed by atoms with Gasteiger partial charge >= 0.3 is 0 Å². The van der Waals surface area contributed by atoms with Gasteiger partial charge in [0.05, 0.1) is 6.20 Å². The third-order valence-electron chi connectivity index (χ3n) is 3.49. The van der Waals surface area contributed by atoms with Crippen LogP contribution in [0.2, 0.25) is 0 Å². The quantitative estimate of drug-likeness (QED) is 0.593. The van der Waals surface area contributed by atoms with Crippen molar-refractivity contribution in [3.63, 3.8) is 0 Å². The molecule has 8 heteroatoms. The monoisotopic (exact) mass is 367 g/mol. The highest BCUT2D eigenvalue weighted by Gasteiger charge is 2.13. The second kappa shape index (κ2) is 6.58. The molecular weight excluding hydrogens is 354 g/mol. The summed E-state index contributed by atoms with van der Waals surface area (Å²) in [5, 5.41) is 12.4. The topological polar surface area (TPSA) is 72.7 Å². The van der Waals surface area contributed by atoms with Crippen LogP contribution in [0.15, 0.2) is 53.6 Å². The smallest absolute Gasteiger partial charge is 0.275 e. The summed E-state index contributed by atoms with van der Waals surface area (Å²) in [6, 6.07) is 7.63. The fourth-order valence-corrected chi connectivity index (χ4v) is 3.74. The van der Waals surface area contributed by atoms with Gasteiger partial charge in [-0.1, -0.05) is 12.1 Å². The van der Waals surface area contributed by atoms with Gasteiger partial charge in [0, 0.05) is 47.0 Å². The molecular formula is C17H13N5OS2. The maximum Gasteiger partial charge on any atom is 0.275 e. The summed E-state index contributed by atoms with van der Waals surface area (Å²) in [6.07, 6.45) is 5.37. The van der Waals surface area contributed by atoms with Crippen LogP contribution in [0.3, 0.4) is 0 Å². The minimum atomic E-state index is -0.234. The Morgan fingerprint density at radius 2 is 2.12 bits per heavy atom. The van der Waals surface area contributed by atoms with E-state index in [0.717, 1.165) is 21.1 Å². The Morgan fingerprint density at radius 3 is 2.88 bits per heavy atom. The van der Waals surface area contributed by atoms with Gasteiger partial charge in [0.25, 0.3) is 5.91 Å². The standard InChI is InChI=1S/C17H13N5OS2/c1-22-9-12(8-19-22)17-21-14(10-25-17)15(23)20-13-4-2-3-11(7-13)16-18-5-6-24-16/h2-10H,1H3,(H,20,23). The number of aromatic nitrogens is 4. The van der Waals surface area contributed by atoms with Crippen molar-refractivity contribution in [3.8, 4) is 21.1 Å². The highest BCUT2D eigenvalue weighted by molar-refractivity contribution is 7.13. The Labute approximate surface area is 151 Å². The van der Waals surface area contributed by atoms with Crippen molar-refractivity contribution in [1.82, 2.24) is 19.7 Å². The number of hydrogen-bond acceptors (Lipinski definition) is 6. The number of thiazole rings is 2. The van der Waals surface area contributed by atoms with E-state index in [9.17, 15) is 4.79 Å². The van der Waals surface area contributed by atoms with Crippen molar-refractivity contribution in [2.45, 2.75) is 0 Å². The molecule has 0 fully saturated rings. The van der Waals surface area contributed by atoms with E-state index < -0.39 is 0 Å². The molecule has 0 bridgehead atoms. The Morgan fingerprint density at radius 1 is 1.20 bits per heavy atom.